The van der Waals surface area contributed by atoms with Crippen LogP contribution in [0.5, 0.6) is 0 Å². The normalized spacial score (nSPS) is 22.9. The number of likely N-dealkylation sites (tertiary alicyclic amines) is 1. The molecule has 15 heavy (non-hydrogen) atoms. The zero-order valence-corrected chi connectivity index (χ0v) is 9.87. The van der Waals surface area contributed by atoms with Crippen LogP contribution in [0.2, 0.25) is 0 Å². The fourth-order valence-electron chi connectivity index (χ4n) is 2.33. The maximum Gasteiger partial charge on any atom is 0.0621 e. The van der Waals surface area contributed by atoms with Crippen molar-refractivity contribution in [2.75, 3.05) is 19.7 Å². The van der Waals surface area contributed by atoms with Crippen LogP contribution in [-0.2, 0) is 0 Å². The van der Waals surface area contributed by atoms with Crippen molar-refractivity contribution in [3.05, 3.63) is 0 Å². The zero-order valence-electron chi connectivity index (χ0n) is 9.87. The van der Waals surface area contributed by atoms with Crippen molar-refractivity contribution in [3.8, 4) is 6.07 Å². The maximum atomic E-state index is 9.22. The van der Waals surface area contributed by atoms with E-state index < -0.39 is 0 Å². The van der Waals surface area contributed by atoms with Gasteiger partial charge in [-0.2, -0.15) is 5.26 Å². The Hall–Kier alpha value is -0.590. The van der Waals surface area contributed by atoms with Crippen molar-refractivity contribution in [1.82, 2.24) is 4.90 Å². The van der Waals surface area contributed by atoms with Crippen molar-refractivity contribution >= 4 is 0 Å². The minimum Gasteiger partial charge on any atom is -0.395 e. The van der Waals surface area contributed by atoms with Gasteiger partial charge in [-0.3, -0.25) is 4.90 Å². The molecule has 0 aromatic rings. The van der Waals surface area contributed by atoms with E-state index >= 15 is 0 Å². The largest absolute Gasteiger partial charge is 0.395 e. The van der Waals surface area contributed by atoms with Crippen LogP contribution in [0.4, 0.5) is 0 Å². The molecule has 0 aromatic carbocycles. The van der Waals surface area contributed by atoms with Crippen molar-refractivity contribution < 1.29 is 5.11 Å². The molecule has 0 aromatic heterocycles. The summed E-state index contributed by atoms with van der Waals surface area (Å²) in [7, 11) is 0. The van der Waals surface area contributed by atoms with E-state index in [1.54, 1.807) is 0 Å². The number of aliphatic hydroxyl groups excluding tert-OH is 1. The van der Waals surface area contributed by atoms with E-state index in [-0.39, 0.29) is 12.0 Å². The van der Waals surface area contributed by atoms with Gasteiger partial charge in [0, 0.05) is 19.0 Å². The number of nitriles is 1. The summed E-state index contributed by atoms with van der Waals surface area (Å²) in [4.78, 5) is 2.37. The topological polar surface area (TPSA) is 47.3 Å². The van der Waals surface area contributed by atoms with Crippen molar-refractivity contribution in [1.29, 1.82) is 5.26 Å². The van der Waals surface area contributed by atoms with Crippen LogP contribution >= 0.6 is 0 Å². The first kappa shape index (κ1) is 12.5. The first-order valence-electron chi connectivity index (χ1n) is 5.81. The summed E-state index contributed by atoms with van der Waals surface area (Å²) in [5.41, 5.74) is 0.188. The Bertz CT molecular complexity index is 232. The van der Waals surface area contributed by atoms with E-state index in [1.165, 1.54) is 6.42 Å². The molecule has 0 aliphatic carbocycles. The van der Waals surface area contributed by atoms with E-state index in [0.29, 0.717) is 12.5 Å². The summed E-state index contributed by atoms with van der Waals surface area (Å²) in [5.74, 6) is 0. The third kappa shape index (κ3) is 3.81. The molecule has 1 aliphatic heterocycles. The first-order chi connectivity index (χ1) is 7.09. The Balaban J connectivity index is 2.42. The molecular weight excluding hydrogens is 188 g/mol. The third-order valence-corrected chi connectivity index (χ3v) is 3.25. The van der Waals surface area contributed by atoms with Gasteiger partial charge < -0.3 is 5.11 Å². The highest BCUT2D eigenvalue weighted by atomic mass is 16.3. The standard InChI is InChI=1S/C12H22N2O/c1-12(2,6-4-7-13)10-14-8-3-5-11(14)9-15/h11,15H,3-6,8-10H2,1-2H3. The van der Waals surface area contributed by atoms with Crippen LogP contribution in [0.25, 0.3) is 0 Å². The molecule has 1 aliphatic rings. The monoisotopic (exact) mass is 210 g/mol. The number of rotatable bonds is 5. The van der Waals surface area contributed by atoms with Gasteiger partial charge in [-0.15, -0.1) is 0 Å². The van der Waals surface area contributed by atoms with Gasteiger partial charge in [0.15, 0.2) is 0 Å². The Labute approximate surface area is 92.7 Å². The molecule has 1 unspecified atom stereocenters. The smallest absolute Gasteiger partial charge is 0.0621 e. The Morgan fingerprint density at radius 3 is 2.87 bits per heavy atom. The predicted octanol–water partition coefficient (Wildman–Crippen LogP) is 1.77. The van der Waals surface area contributed by atoms with Crippen LogP contribution in [0.15, 0.2) is 0 Å². The molecule has 86 valence electrons. The number of hydrogen-bond acceptors (Lipinski definition) is 3. The number of hydrogen-bond donors (Lipinski definition) is 1. The van der Waals surface area contributed by atoms with Gasteiger partial charge in [0.05, 0.1) is 12.7 Å². The van der Waals surface area contributed by atoms with Gasteiger partial charge in [-0.05, 0) is 31.2 Å². The molecule has 1 heterocycles. The molecule has 1 rings (SSSR count). The quantitative estimate of drug-likeness (QED) is 0.752. The summed E-state index contributed by atoms with van der Waals surface area (Å²) in [6.45, 7) is 6.78. The van der Waals surface area contributed by atoms with Gasteiger partial charge in [-0.25, -0.2) is 0 Å². The van der Waals surface area contributed by atoms with Crippen molar-refractivity contribution in [3.63, 3.8) is 0 Å². The molecule has 0 bridgehead atoms. The van der Waals surface area contributed by atoms with Crippen LogP contribution < -0.4 is 0 Å². The summed E-state index contributed by atoms with van der Waals surface area (Å²) in [6, 6.07) is 2.56. The second-order valence-electron chi connectivity index (χ2n) is 5.27. The third-order valence-electron chi connectivity index (χ3n) is 3.25. The fraction of sp³-hybridized carbons (Fsp3) is 0.917. The van der Waals surface area contributed by atoms with Crippen molar-refractivity contribution in [2.45, 2.75) is 45.6 Å². The maximum absolute atomic E-state index is 9.22. The van der Waals surface area contributed by atoms with Gasteiger partial charge in [0.25, 0.3) is 0 Å². The second-order valence-corrected chi connectivity index (χ2v) is 5.27. The van der Waals surface area contributed by atoms with Crippen LogP contribution in [0.1, 0.15) is 39.5 Å². The average Bonchev–Trinajstić information content (AvgIpc) is 2.61. The number of nitrogens with zero attached hydrogens (tertiary/aromatic N) is 2. The molecule has 3 nitrogen and oxygen atoms in total. The molecule has 1 atom stereocenters. The molecule has 1 saturated heterocycles. The molecule has 1 fully saturated rings. The molecule has 1 N–H and O–H groups in total. The van der Waals surface area contributed by atoms with Gasteiger partial charge >= 0.3 is 0 Å². The van der Waals surface area contributed by atoms with Crippen LogP contribution in [0.3, 0.4) is 0 Å². The van der Waals surface area contributed by atoms with E-state index in [0.717, 1.165) is 25.9 Å². The molecule has 0 spiro atoms. The van der Waals surface area contributed by atoms with E-state index in [1.807, 2.05) is 0 Å². The minimum absolute atomic E-state index is 0.188. The van der Waals surface area contributed by atoms with Crippen LogP contribution in [-0.4, -0.2) is 35.7 Å². The highest BCUT2D eigenvalue weighted by molar-refractivity contribution is 4.85. The second kappa shape index (κ2) is 5.48. The van der Waals surface area contributed by atoms with E-state index in [4.69, 9.17) is 5.26 Å². The summed E-state index contributed by atoms with van der Waals surface area (Å²) < 4.78 is 0. The Morgan fingerprint density at radius 2 is 2.27 bits per heavy atom. The van der Waals surface area contributed by atoms with Crippen molar-refractivity contribution in [2.24, 2.45) is 5.41 Å². The molecule has 3 heteroatoms. The highest BCUT2D eigenvalue weighted by Crippen LogP contribution is 2.27. The Kier molecular flexibility index (Phi) is 4.56. The lowest BCUT2D eigenvalue weighted by Gasteiger charge is -2.32. The van der Waals surface area contributed by atoms with Gasteiger partial charge in [0.2, 0.25) is 0 Å². The number of aliphatic hydroxyl groups is 1. The molecule has 0 saturated carbocycles. The van der Waals surface area contributed by atoms with Gasteiger partial charge in [-0.1, -0.05) is 13.8 Å². The molecule has 0 amide bonds. The first-order valence-corrected chi connectivity index (χ1v) is 5.81. The predicted molar refractivity (Wildman–Crippen MR) is 60.3 cm³/mol. The fourth-order valence-corrected chi connectivity index (χ4v) is 2.33. The summed E-state index contributed by atoms with van der Waals surface area (Å²) >= 11 is 0. The summed E-state index contributed by atoms with van der Waals surface area (Å²) in [6.07, 6.45) is 3.88. The SMILES string of the molecule is CC(C)(CCC#N)CN1CCCC1CO. The molecular formula is C12H22N2O. The minimum atomic E-state index is 0.188. The van der Waals surface area contributed by atoms with E-state index in [9.17, 15) is 5.11 Å². The lowest BCUT2D eigenvalue weighted by atomic mass is 9.87. The lowest BCUT2D eigenvalue weighted by Crippen LogP contribution is -2.39. The average molecular weight is 210 g/mol. The lowest BCUT2D eigenvalue weighted by molar-refractivity contribution is 0.114. The van der Waals surface area contributed by atoms with Gasteiger partial charge in [0.1, 0.15) is 0 Å². The summed E-state index contributed by atoms with van der Waals surface area (Å²) in [5, 5.41) is 17.8. The van der Waals surface area contributed by atoms with E-state index in [2.05, 4.69) is 24.8 Å². The van der Waals surface area contributed by atoms with Crippen LogP contribution in [0, 0.1) is 16.7 Å². The molecule has 0 radical (unpaired) electrons. The highest BCUT2D eigenvalue weighted by Gasteiger charge is 2.29. The zero-order chi connectivity index (χ0) is 11.3. The Morgan fingerprint density at radius 1 is 1.53 bits per heavy atom.